The maximum Gasteiger partial charge on any atom is 0.214 e. The molecule has 1 aromatic carbocycles. The molecule has 0 saturated carbocycles. The minimum atomic E-state index is -0.0243. The van der Waals surface area contributed by atoms with Crippen LogP contribution in [-0.2, 0) is 12.3 Å². The number of aryl methyl sites for hydroxylation is 1. The molecular formula is C17H20ClNO. The van der Waals surface area contributed by atoms with Gasteiger partial charge >= 0.3 is 0 Å². The number of rotatable bonds is 6. The SMILES string of the molecule is CCCc1cc(CCl)cc(OC(C)c2ccccc2)n1. The van der Waals surface area contributed by atoms with E-state index in [0.717, 1.165) is 29.7 Å². The molecule has 20 heavy (non-hydrogen) atoms. The van der Waals surface area contributed by atoms with Gasteiger partial charge < -0.3 is 4.74 Å². The number of pyridine rings is 1. The molecule has 0 spiro atoms. The first kappa shape index (κ1) is 14.9. The Morgan fingerprint density at radius 2 is 1.95 bits per heavy atom. The Kier molecular flexibility index (Phi) is 5.42. The molecule has 0 aliphatic rings. The Morgan fingerprint density at radius 3 is 2.60 bits per heavy atom. The number of alkyl halides is 1. The van der Waals surface area contributed by atoms with E-state index >= 15 is 0 Å². The molecule has 2 nitrogen and oxygen atoms in total. The van der Waals surface area contributed by atoms with Crippen LogP contribution in [0.15, 0.2) is 42.5 Å². The van der Waals surface area contributed by atoms with Crippen LogP contribution < -0.4 is 4.74 Å². The van der Waals surface area contributed by atoms with Crippen molar-refractivity contribution in [3.8, 4) is 5.88 Å². The van der Waals surface area contributed by atoms with Crippen LogP contribution in [0.5, 0.6) is 5.88 Å². The van der Waals surface area contributed by atoms with Crippen molar-refractivity contribution >= 4 is 11.6 Å². The smallest absolute Gasteiger partial charge is 0.214 e. The zero-order chi connectivity index (χ0) is 14.4. The normalized spacial score (nSPS) is 12.2. The highest BCUT2D eigenvalue weighted by atomic mass is 35.5. The van der Waals surface area contributed by atoms with Gasteiger partial charge in [-0.3, -0.25) is 0 Å². The van der Waals surface area contributed by atoms with Gasteiger partial charge in [-0.05, 0) is 30.5 Å². The zero-order valence-corrected chi connectivity index (χ0v) is 12.7. The summed E-state index contributed by atoms with van der Waals surface area (Å²) in [6, 6.07) is 14.1. The van der Waals surface area contributed by atoms with Crippen molar-refractivity contribution in [1.82, 2.24) is 4.98 Å². The van der Waals surface area contributed by atoms with Crippen molar-refractivity contribution in [3.05, 3.63) is 59.3 Å². The highest BCUT2D eigenvalue weighted by Crippen LogP contribution is 2.22. The maximum atomic E-state index is 5.96. The first-order valence-electron chi connectivity index (χ1n) is 7.00. The van der Waals surface area contributed by atoms with E-state index in [1.807, 2.05) is 31.2 Å². The molecule has 0 bridgehead atoms. The predicted molar refractivity (Wildman–Crippen MR) is 83.3 cm³/mol. The number of nitrogens with zero attached hydrogens (tertiary/aromatic N) is 1. The van der Waals surface area contributed by atoms with Crippen LogP contribution in [0.1, 0.15) is 43.2 Å². The van der Waals surface area contributed by atoms with Crippen molar-refractivity contribution < 1.29 is 4.74 Å². The number of ether oxygens (including phenoxy) is 1. The van der Waals surface area contributed by atoms with Gasteiger partial charge in [0.1, 0.15) is 6.10 Å². The van der Waals surface area contributed by atoms with Crippen molar-refractivity contribution in [2.24, 2.45) is 0 Å². The molecule has 106 valence electrons. The summed E-state index contributed by atoms with van der Waals surface area (Å²) in [7, 11) is 0. The van der Waals surface area contributed by atoms with Crippen LogP contribution in [0.4, 0.5) is 0 Å². The lowest BCUT2D eigenvalue weighted by molar-refractivity contribution is 0.216. The molecule has 2 rings (SSSR count). The standard InChI is InChI=1S/C17H20ClNO/c1-3-7-16-10-14(12-18)11-17(19-16)20-13(2)15-8-5-4-6-9-15/h4-6,8-11,13H,3,7,12H2,1-2H3. The van der Waals surface area contributed by atoms with E-state index in [4.69, 9.17) is 16.3 Å². The number of hydrogen-bond donors (Lipinski definition) is 0. The third-order valence-electron chi connectivity index (χ3n) is 3.14. The van der Waals surface area contributed by atoms with E-state index in [1.165, 1.54) is 0 Å². The fourth-order valence-corrected chi connectivity index (χ4v) is 2.27. The van der Waals surface area contributed by atoms with Gasteiger partial charge in [-0.25, -0.2) is 4.98 Å². The van der Waals surface area contributed by atoms with E-state index in [1.54, 1.807) is 0 Å². The van der Waals surface area contributed by atoms with Crippen LogP contribution in [0.3, 0.4) is 0 Å². The predicted octanol–water partition coefficient (Wildman–Crippen LogP) is 4.91. The molecule has 1 atom stereocenters. The Bertz CT molecular complexity index is 542. The van der Waals surface area contributed by atoms with Gasteiger partial charge in [0.15, 0.2) is 0 Å². The second kappa shape index (κ2) is 7.30. The van der Waals surface area contributed by atoms with E-state index < -0.39 is 0 Å². The maximum absolute atomic E-state index is 5.96. The average Bonchev–Trinajstić information content (AvgIpc) is 2.48. The fourth-order valence-electron chi connectivity index (χ4n) is 2.12. The number of benzene rings is 1. The first-order chi connectivity index (χ1) is 9.72. The number of hydrogen-bond acceptors (Lipinski definition) is 2. The molecule has 1 unspecified atom stereocenters. The first-order valence-corrected chi connectivity index (χ1v) is 7.53. The zero-order valence-electron chi connectivity index (χ0n) is 12.0. The van der Waals surface area contributed by atoms with E-state index in [-0.39, 0.29) is 6.10 Å². The van der Waals surface area contributed by atoms with Crippen molar-refractivity contribution in [2.75, 3.05) is 0 Å². The molecule has 0 aliphatic heterocycles. The minimum Gasteiger partial charge on any atom is -0.470 e. The van der Waals surface area contributed by atoms with Gasteiger partial charge in [-0.15, -0.1) is 11.6 Å². The fraction of sp³-hybridized carbons (Fsp3) is 0.353. The topological polar surface area (TPSA) is 22.1 Å². The monoisotopic (exact) mass is 289 g/mol. The van der Waals surface area contributed by atoms with E-state index in [2.05, 4.69) is 30.1 Å². The Morgan fingerprint density at radius 1 is 1.20 bits per heavy atom. The Balaban J connectivity index is 2.17. The summed E-state index contributed by atoms with van der Waals surface area (Å²) in [5, 5.41) is 0. The van der Waals surface area contributed by atoms with Crippen molar-refractivity contribution in [2.45, 2.75) is 38.7 Å². The molecular weight excluding hydrogens is 270 g/mol. The van der Waals surface area contributed by atoms with Crippen LogP contribution in [0, 0.1) is 0 Å². The van der Waals surface area contributed by atoms with Gasteiger partial charge in [0.05, 0.1) is 0 Å². The Labute approximate surface area is 125 Å². The Hall–Kier alpha value is -1.54. The molecule has 0 N–H and O–H groups in total. The molecule has 1 aromatic heterocycles. The summed E-state index contributed by atoms with van der Waals surface area (Å²) >= 11 is 5.94. The summed E-state index contributed by atoms with van der Waals surface area (Å²) in [6.07, 6.45) is 1.98. The highest BCUT2D eigenvalue weighted by molar-refractivity contribution is 6.17. The lowest BCUT2D eigenvalue weighted by Gasteiger charge is -2.15. The molecule has 1 heterocycles. The highest BCUT2D eigenvalue weighted by Gasteiger charge is 2.09. The van der Waals surface area contributed by atoms with Gasteiger partial charge in [-0.1, -0.05) is 43.7 Å². The summed E-state index contributed by atoms with van der Waals surface area (Å²) in [4.78, 5) is 4.56. The third kappa shape index (κ3) is 3.97. The van der Waals surface area contributed by atoms with E-state index in [0.29, 0.717) is 11.8 Å². The second-order valence-electron chi connectivity index (χ2n) is 4.86. The van der Waals surface area contributed by atoms with Gasteiger partial charge in [0, 0.05) is 17.6 Å². The second-order valence-corrected chi connectivity index (χ2v) is 5.13. The van der Waals surface area contributed by atoms with Gasteiger partial charge in [0.2, 0.25) is 5.88 Å². The summed E-state index contributed by atoms with van der Waals surface area (Å²) < 4.78 is 5.96. The molecule has 3 heteroatoms. The molecule has 0 saturated heterocycles. The summed E-state index contributed by atoms with van der Waals surface area (Å²) in [5.41, 5.74) is 3.24. The van der Waals surface area contributed by atoms with Crippen LogP contribution in [0.2, 0.25) is 0 Å². The minimum absolute atomic E-state index is 0.0243. The quantitative estimate of drug-likeness (QED) is 0.705. The molecule has 0 radical (unpaired) electrons. The third-order valence-corrected chi connectivity index (χ3v) is 3.45. The van der Waals surface area contributed by atoms with Crippen LogP contribution in [-0.4, -0.2) is 4.98 Å². The summed E-state index contributed by atoms with van der Waals surface area (Å²) in [5.74, 6) is 1.14. The molecule has 2 aromatic rings. The van der Waals surface area contributed by atoms with Crippen molar-refractivity contribution in [3.63, 3.8) is 0 Å². The van der Waals surface area contributed by atoms with E-state index in [9.17, 15) is 0 Å². The van der Waals surface area contributed by atoms with Crippen molar-refractivity contribution in [1.29, 1.82) is 0 Å². The molecule has 0 aliphatic carbocycles. The largest absolute Gasteiger partial charge is 0.470 e. The van der Waals surface area contributed by atoms with Gasteiger partial charge in [-0.2, -0.15) is 0 Å². The number of halogens is 1. The van der Waals surface area contributed by atoms with Crippen LogP contribution >= 0.6 is 11.6 Å². The molecule has 0 fully saturated rings. The lowest BCUT2D eigenvalue weighted by atomic mass is 10.1. The van der Waals surface area contributed by atoms with Gasteiger partial charge in [0.25, 0.3) is 0 Å². The van der Waals surface area contributed by atoms with Crippen LogP contribution in [0.25, 0.3) is 0 Å². The number of aromatic nitrogens is 1. The molecule has 0 amide bonds. The lowest BCUT2D eigenvalue weighted by Crippen LogP contribution is -2.05. The average molecular weight is 290 g/mol. The summed E-state index contributed by atoms with van der Waals surface area (Å²) in [6.45, 7) is 4.17.